The van der Waals surface area contributed by atoms with Gasteiger partial charge in [-0.15, -0.1) is 11.3 Å². The molecule has 0 saturated carbocycles. The summed E-state index contributed by atoms with van der Waals surface area (Å²) in [6.45, 7) is 0. The lowest BCUT2D eigenvalue weighted by Gasteiger charge is -2.08. The van der Waals surface area contributed by atoms with Crippen LogP contribution < -0.4 is 11.5 Å². The van der Waals surface area contributed by atoms with Crippen molar-refractivity contribution in [2.75, 3.05) is 0 Å². The number of carbonyl (C=O) groups excluding carboxylic acids is 1. The van der Waals surface area contributed by atoms with Crippen molar-refractivity contribution in [3.63, 3.8) is 0 Å². The highest BCUT2D eigenvalue weighted by molar-refractivity contribution is 9.10. The highest BCUT2D eigenvalue weighted by atomic mass is 79.9. The molecule has 0 aliphatic heterocycles. The van der Waals surface area contributed by atoms with Crippen LogP contribution in [0, 0.1) is 0 Å². The lowest BCUT2D eigenvalue weighted by Crippen LogP contribution is -2.11. The minimum atomic E-state index is -0.254. The molecule has 1 atom stereocenters. The van der Waals surface area contributed by atoms with Gasteiger partial charge in [0.15, 0.2) is 0 Å². The molecule has 3 nitrogen and oxygen atoms in total. The molecule has 0 fully saturated rings. The Morgan fingerprint density at radius 3 is 2.75 bits per heavy atom. The van der Waals surface area contributed by atoms with Crippen LogP contribution in [0.4, 0.5) is 0 Å². The number of nitrogens with two attached hydrogens (primary N) is 2. The van der Waals surface area contributed by atoms with E-state index in [1.54, 1.807) is 0 Å². The first-order chi connectivity index (χ1) is 7.50. The standard InChI is InChI=1S/C10H14BrClN2OS/c11-6-5-8(16-10(6)12)7(13)3-1-2-4-9(14)15/h5,7H,1-4,13H2,(H2,14,15). The number of rotatable bonds is 6. The largest absolute Gasteiger partial charge is 0.370 e. The normalized spacial score (nSPS) is 12.7. The molecule has 1 amide bonds. The van der Waals surface area contributed by atoms with E-state index < -0.39 is 0 Å². The first-order valence-electron chi connectivity index (χ1n) is 4.99. The average Bonchev–Trinajstić information content (AvgIpc) is 2.54. The summed E-state index contributed by atoms with van der Waals surface area (Å²) in [7, 11) is 0. The molecule has 0 aliphatic rings. The van der Waals surface area contributed by atoms with Crippen LogP contribution in [-0.4, -0.2) is 5.91 Å². The fourth-order valence-corrected chi connectivity index (χ4v) is 3.12. The van der Waals surface area contributed by atoms with Crippen molar-refractivity contribution < 1.29 is 4.79 Å². The summed E-state index contributed by atoms with van der Waals surface area (Å²) in [5, 5.41) is 0. The van der Waals surface area contributed by atoms with Gasteiger partial charge >= 0.3 is 0 Å². The van der Waals surface area contributed by atoms with Crippen LogP contribution in [0.2, 0.25) is 4.34 Å². The summed E-state index contributed by atoms with van der Waals surface area (Å²) < 4.78 is 1.62. The number of carbonyl (C=O) groups is 1. The second kappa shape index (κ2) is 6.59. The van der Waals surface area contributed by atoms with Crippen molar-refractivity contribution in [3.8, 4) is 0 Å². The Balaban J connectivity index is 2.35. The maximum atomic E-state index is 10.5. The van der Waals surface area contributed by atoms with Crippen LogP contribution in [0.5, 0.6) is 0 Å². The van der Waals surface area contributed by atoms with E-state index in [2.05, 4.69) is 15.9 Å². The third kappa shape index (κ3) is 4.41. The zero-order valence-electron chi connectivity index (χ0n) is 8.71. The molecule has 1 aromatic heterocycles. The van der Waals surface area contributed by atoms with Crippen molar-refractivity contribution in [1.82, 2.24) is 0 Å². The summed E-state index contributed by atoms with van der Waals surface area (Å²) in [6.07, 6.45) is 2.97. The Kier molecular flexibility index (Phi) is 5.75. The quantitative estimate of drug-likeness (QED) is 0.789. The maximum absolute atomic E-state index is 10.5. The second-order valence-corrected chi connectivity index (χ2v) is 6.13. The Labute approximate surface area is 112 Å². The number of unbranched alkanes of at least 4 members (excludes halogenated alkanes) is 1. The zero-order chi connectivity index (χ0) is 12.1. The molecule has 1 unspecified atom stereocenters. The molecule has 0 bridgehead atoms. The lowest BCUT2D eigenvalue weighted by atomic mass is 10.1. The predicted molar refractivity (Wildman–Crippen MR) is 71.6 cm³/mol. The van der Waals surface area contributed by atoms with Crippen LogP contribution in [0.15, 0.2) is 10.5 Å². The van der Waals surface area contributed by atoms with Gasteiger partial charge in [0.05, 0.1) is 0 Å². The van der Waals surface area contributed by atoms with E-state index in [0.29, 0.717) is 6.42 Å². The first kappa shape index (κ1) is 14.0. The van der Waals surface area contributed by atoms with Gasteiger partial charge in [0.2, 0.25) is 5.91 Å². The SMILES string of the molecule is NC(=O)CCCCC(N)c1cc(Br)c(Cl)s1. The van der Waals surface area contributed by atoms with Gasteiger partial charge in [0.25, 0.3) is 0 Å². The minimum absolute atomic E-state index is 0.0123. The molecule has 1 heterocycles. The van der Waals surface area contributed by atoms with Crippen LogP contribution in [0.25, 0.3) is 0 Å². The van der Waals surface area contributed by atoms with Crippen molar-refractivity contribution >= 4 is 44.8 Å². The molecule has 6 heteroatoms. The number of hydrogen-bond acceptors (Lipinski definition) is 3. The summed E-state index contributed by atoms with van der Waals surface area (Å²) in [6, 6.07) is 1.94. The van der Waals surface area contributed by atoms with Gasteiger partial charge in [0, 0.05) is 21.8 Å². The number of primary amides is 1. The van der Waals surface area contributed by atoms with Gasteiger partial charge in [-0.25, -0.2) is 0 Å². The highest BCUT2D eigenvalue weighted by Gasteiger charge is 2.11. The van der Waals surface area contributed by atoms with Gasteiger partial charge in [-0.2, -0.15) is 0 Å². The Morgan fingerprint density at radius 2 is 2.25 bits per heavy atom. The van der Waals surface area contributed by atoms with Gasteiger partial charge < -0.3 is 11.5 Å². The highest BCUT2D eigenvalue weighted by Crippen LogP contribution is 2.35. The van der Waals surface area contributed by atoms with Crippen LogP contribution >= 0.6 is 38.9 Å². The molecule has 4 N–H and O–H groups in total. The van der Waals surface area contributed by atoms with E-state index in [9.17, 15) is 4.79 Å². The van der Waals surface area contributed by atoms with E-state index in [1.165, 1.54) is 11.3 Å². The number of halogens is 2. The van der Waals surface area contributed by atoms with Crippen molar-refractivity contribution in [2.45, 2.75) is 31.7 Å². The number of amides is 1. The Bertz CT molecular complexity index is 350. The fraction of sp³-hybridized carbons (Fsp3) is 0.500. The maximum Gasteiger partial charge on any atom is 0.217 e. The van der Waals surface area contributed by atoms with Crippen LogP contribution in [0.1, 0.15) is 36.6 Å². The molecule has 0 aliphatic carbocycles. The molecule has 16 heavy (non-hydrogen) atoms. The molecule has 1 rings (SSSR count). The lowest BCUT2D eigenvalue weighted by molar-refractivity contribution is -0.118. The van der Waals surface area contributed by atoms with E-state index in [-0.39, 0.29) is 11.9 Å². The van der Waals surface area contributed by atoms with Crippen LogP contribution in [-0.2, 0) is 4.79 Å². The number of thiophene rings is 1. The third-order valence-electron chi connectivity index (χ3n) is 2.22. The van der Waals surface area contributed by atoms with E-state index in [1.807, 2.05) is 6.07 Å². The van der Waals surface area contributed by atoms with Gasteiger partial charge in [-0.3, -0.25) is 4.79 Å². The van der Waals surface area contributed by atoms with E-state index in [4.69, 9.17) is 23.1 Å². The summed E-state index contributed by atoms with van der Waals surface area (Å²) in [4.78, 5) is 11.6. The fourth-order valence-electron chi connectivity index (χ4n) is 1.35. The summed E-state index contributed by atoms with van der Waals surface area (Å²) >= 11 is 10.8. The molecule has 0 saturated heterocycles. The summed E-state index contributed by atoms with van der Waals surface area (Å²) in [5.41, 5.74) is 11.1. The Hall–Kier alpha value is -0.100. The molecule has 0 aromatic carbocycles. The van der Waals surface area contributed by atoms with Crippen molar-refractivity contribution in [2.24, 2.45) is 11.5 Å². The van der Waals surface area contributed by atoms with Crippen LogP contribution in [0.3, 0.4) is 0 Å². The predicted octanol–water partition coefficient (Wildman–Crippen LogP) is 3.21. The molecule has 90 valence electrons. The molecule has 0 spiro atoms. The molecule has 0 radical (unpaired) electrons. The molecule has 1 aromatic rings. The zero-order valence-corrected chi connectivity index (χ0v) is 11.9. The molecular formula is C10H14BrClN2OS. The van der Waals surface area contributed by atoms with Crippen molar-refractivity contribution in [3.05, 3.63) is 19.8 Å². The summed E-state index contributed by atoms with van der Waals surface area (Å²) in [5.74, 6) is -0.254. The topological polar surface area (TPSA) is 69.1 Å². The Morgan fingerprint density at radius 1 is 1.56 bits per heavy atom. The second-order valence-electron chi connectivity index (χ2n) is 3.59. The monoisotopic (exact) mass is 324 g/mol. The van der Waals surface area contributed by atoms with Gasteiger partial charge in [-0.1, -0.05) is 18.0 Å². The van der Waals surface area contributed by atoms with Gasteiger partial charge in [0.1, 0.15) is 4.34 Å². The van der Waals surface area contributed by atoms with Crippen molar-refractivity contribution in [1.29, 1.82) is 0 Å². The minimum Gasteiger partial charge on any atom is -0.370 e. The number of hydrogen-bond donors (Lipinski definition) is 2. The average molecular weight is 326 g/mol. The van der Waals surface area contributed by atoms with E-state index >= 15 is 0 Å². The molecular weight excluding hydrogens is 312 g/mol. The first-order valence-corrected chi connectivity index (χ1v) is 6.98. The van der Waals surface area contributed by atoms with Gasteiger partial charge in [-0.05, 0) is 34.8 Å². The van der Waals surface area contributed by atoms with E-state index in [0.717, 1.165) is 32.9 Å². The third-order valence-corrected chi connectivity index (χ3v) is 4.82. The smallest absolute Gasteiger partial charge is 0.217 e.